The van der Waals surface area contributed by atoms with E-state index in [0.29, 0.717) is 24.5 Å². The molecule has 1 atom stereocenters. The molecular weight excluding hydrogens is 278 g/mol. The minimum Gasteiger partial charge on any atom is -0.490 e. The lowest BCUT2D eigenvalue weighted by atomic mass is 10.3. The zero-order valence-electron chi connectivity index (χ0n) is 12.0. The Balaban J connectivity index is 2.52. The maximum Gasteiger partial charge on any atom is 0.161 e. The molecule has 1 aromatic carbocycles. The predicted molar refractivity (Wildman–Crippen MR) is 80.0 cm³/mol. The van der Waals surface area contributed by atoms with Gasteiger partial charge in [-0.3, -0.25) is 0 Å². The summed E-state index contributed by atoms with van der Waals surface area (Å²) < 4.78 is 34.5. The van der Waals surface area contributed by atoms with Crippen molar-refractivity contribution in [3.05, 3.63) is 24.3 Å². The molecule has 0 aliphatic rings. The Morgan fingerprint density at radius 1 is 1.15 bits per heavy atom. The normalized spacial score (nSPS) is 12.9. The Bertz CT molecular complexity index is 502. The van der Waals surface area contributed by atoms with Gasteiger partial charge < -0.3 is 15.2 Å². The van der Waals surface area contributed by atoms with Crippen molar-refractivity contribution < 1.29 is 17.9 Å². The third-order valence-electron chi connectivity index (χ3n) is 2.79. The fourth-order valence-corrected chi connectivity index (χ4v) is 3.04. The molecule has 0 aliphatic heterocycles. The Kier molecular flexibility index (Phi) is 6.81. The highest BCUT2D eigenvalue weighted by molar-refractivity contribution is 7.91. The molecule has 0 spiro atoms. The highest BCUT2D eigenvalue weighted by atomic mass is 32.2. The van der Waals surface area contributed by atoms with Crippen LogP contribution in [0, 0.1) is 0 Å². The standard InChI is InChI=1S/C14H23NO4S/c1-3-12(15)11-20(16,17)10-9-19-14-8-6-5-7-13(14)18-4-2/h5-8,12H,3-4,9-11,15H2,1-2H3. The van der Waals surface area contributed by atoms with Crippen LogP contribution in [0.3, 0.4) is 0 Å². The summed E-state index contributed by atoms with van der Waals surface area (Å²) in [6, 6.07) is 6.90. The summed E-state index contributed by atoms with van der Waals surface area (Å²) in [7, 11) is -3.18. The van der Waals surface area contributed by atoms with Crippen molar-refractivity contribution in [2.75, 3.05) is 24.7 Å². The molecule has 0 fully saturated rings. The van der Waals surface area contributed by atoms with E-state index in [1.165, 1.54) is 0 Å². The number of sulfone groups is 1. The molecule has 1 rings (SSSR count). The second kappa shape index (κ2) is 8.11. The van der Waals surface area contributed by atoms with Crippen LogP contribution in [-0.2, 0) is 9.84 Å². The summed E-state index contributed by atoms with van der Waals surface area (Å²) in [6.45, 7) is 4.38. The first-order valence-electron chi connectivity index (χ1n) is 6.79. The van der Waals surface area contributed by atoms with Crippen LogP contribution in [0.5, 0.6) is 11.5 Å². The quantitative estimate of drug-likeness (QED) is 0.750. The van der Waals surface area contributed by atoms with Crippen LogP contribution in [0.1, 0.15) is 20.3 Å². The number of benzene rings is 1. The van der Waals surface area contributed by atoms with Gasteiger partial charge in [0.15, 0.2) is 21.3 Å². The Labute approximate surface area is 121 Å². The van der Waals surface area contributed by atoms with E-state index >= 15 is 0 Å². The molecule has 0 bridgehead atoms. The van der Waals surface area contributed by atoms with Crippen LogP contribution in [0.15, 0.2) is 24.3 Å². The fraction of sp³-hybridized carbons (Fsp3) is 0.571. The largest absolute Gasteiger partial charge is 0.490 e. The number of para-hydroxylation sites is 2. The van der Waals surface area contributed by atoms with E-state index in [1.54, 1.807) is 12.1 Å². The summed E-state index contributed by atoms with van der Waals surface area (Å²) in [5.41, 5.74) is 5.67. The van der Waals surface area contributed by atoms with E-state index in [9.17, 15) is 8.42 Å². The van der Waals surface area contributed by atoms with E-state index in [-0.39, 0.29) is 24.2 Å². The van der Waals surface area contributed by atoms with Crippen molar-refractivity contribution >= 4 is 9.84 Å². The van der Waals surface area contributed by atoms with Crippen molar-refractivity contribution in [2.24, 2.45) is 5.73 Å². The van der Waals surface area contributed by atoms with E-state index in [2.05, 4.69) is 0 Å². The van der Waals surface area contributed by atoms with Gasteiger partial charge in [0.25, 0.3) is 0 Å². The van der Waals surface area contributed by atoms with Crippen molar-refractivity contribution in [1.29, 1.82) is 0 Å². The molecule has 0 aromatic heterocycles. The molecule has 0 aliphatic carbocycles. The lowest BCUT2D eigenvalue weighted by Gasteiger charge is -2.13. The number of nitrogens with two attached hydrogens (primary N) is 1. The molecule has 6 heteroatoms. The van der Waals surface area contributed by atoms with Gasteiger partial charge in [0.2, 0.25) is 0 Å². The summed E-state index contributed by atoms with van der Waals surface area (Å²) in [4.78, 5) is 0. The highest BCUT2D eigenvalue weighted by Crippen LogP contribution is 2.26. The lowest BCUT2D eigenvalue weighted by Crippen LogP contribution is -2.31. The van der Waals surface area contributed by atoms with Crippen molar-refractivity contribution in [3.63, 3.8) is 0 Å². The van der Waals surface area contributed by atoms with E-state index in [1.807, 2.05) is 26.0 Å². The number of rotatable bonds is 9. The molecule has 1 unspecified atom stereocenters. The third kappa shape index (κ3) is 5.79. The SMILES string of the molecule is CCOc1ccccc1OCCS(=O)(=O)CC(N)CC. The van der Waals surface area contributed by atoms with Crippen molar-refractivity contribution in [2.45, 2.75) is 26.3 Å². The van der Waals surface area contributed by atoms with E-state index < -0.39 is 9.84 Å². The molecule has 0 radical (unpaired) electrons. The summed E-state index contributed by atoms with van der Waals surface area (Å²) in [6.07, 6.45) is 0.646. The maximum absolute atomic E-state index is 11.8. The van der Waals surface area contributed by atoms with Gasteiger partial charge in [0.05, 0.1) is 18.1 Å². The Morgan fingerprint density at radius 2 is 1.75 bits per heavy atom. The molecule has 0 saturated carbocycles. The summed E-state index contributed by atoms with van der Waals surface area (Å²) in [5.74, 6) is 1.14. The first-order valence-corrected chi connectivity index (χ1v) is 8.61. The van der Waals surface area contributed by atoms with Crippen LogP contribution in [0.4, 0.5) is 0 Å². The van der Waals surface area contributed by atoms with Crippen molar-refractivity contribution in [1.82, 2.24) is 0 Å². The molecule has 20 heavy (non-hydrogen) atoms. The first kappa shape index (κ1) is 16.8. The van der Waals surface area contributed by atoms with Gasteiger partial charge in [-0.15, -0.1) is 0 Å². The molecule has 114 valence electrons. The van der Waals surface area contributed by atoms with Gasteiger partial charge in [0, 0.05) is 6.04 Å². The zero-order valence-corrected chi connectivity index (χ0v) is 12.9. The van der Waals surface area contributed by atoms with Crippen LogP contribution < -0.4 is 15.2 Å². The molecule has 1 aromatic rings. The van der Waals surface area contributed by atoms with Gasteiger partial charge in [-0.1, -0.05) is 19.1 Å². The van der Waals surface area contributed by atoms with Crippen LogP contribution in [0.25, 0.3) is 0 Å². The third-order valence-corrected chi connectivity index (χ3v) is 4.52. The van der Waals surface area contributed by atoms with Crippen molar-refractivity contribution in [3.8, 4) is 11.5 Å². The second-order valence-corrected chi connectivity index (χ2v) is 6.74. The Hall–Kier alpha value is -1.27. The molecule has 5 nitrogen and oxygen atoms in total. The summed E-state index contributed by atoms with van der Waals surface area (Å²) >= 11 is 0. The highest BCUT2D eigenvalue weighted by Gasteiger charge is 2.15. The fourth-order valence-electron chi connectivity index (χ4n) is 1.65. The van der Waals surface area contributed by atoms with Gasteiger partial charge >= 0.3 is 0 Å². The first-order chi connectivity index (χ1) is 9.48. The van der Waals surface area contributed by atoms with Crippen LogP contribution in [0.2, 0.25) is 0 Å². The molecule has 0 saturated heterocycles. The number of ether oxygens (including phenoxy) is 2. The minimum atomic E-state index is -3.18. The van der Waals surface area contributed by atoms with E-state index in [0.717, 1.165) is 0 Å². The predicted octanol–water partition coefficient (Wildman–Crippen LogP) is 1.62. The average Bonchev–Trinajstić information content (AvgIpc) is 2.40. The Morgan fingerprint density at radius 3 is 2.30 bits per heavy atom. The van der Waals surface area contributed by atoms with Gasteiger partial charge in [-0.25, -0.2) is 8.42 Å². The van der Waals surface area contributed by atoms with Crippen LogP contribution >= 0.6 is 0 Å². The maximum atomic E-state index is 11.8. The van der Waals surface area contributed by atoms with E-state index in [4.69, 9.17) is 15.2 Å². The molecule has 0 heterocycles. The van der Waals surface area contributed by atoms with Gasteiger partial charge in [0.1, 0.15) is 6.61 Å². The van der Waals surface area contributed by atoms with Crippen LogP contribution in [-0.4, -0.2) is 39.2 Å². The monoisotopic (exact) mass is 301 g/mol. The molecule has 0 amide bonds. The molecule has 2 N–H and O–H groups in total. The minimum absolute atomic E-state index is 0.0000329. The molecular formula is C14H23NO4S. The topological polar surface area (TPSA) is 78.6 Å². The number of hydrogen-bond acceptors (Lipinski definition) is 5. The average molecular weight is 301 g/mol. The van der Waals surface area contributed by atoms with Gasteiger partial charge in [-0.2, -0.15) is 0 Å². The van der Waals surface area contributed by atoms with Gasteiger partial charge in [-0.05, 0) is 25.5 Å². The zero-order chi connectivity index (χ0) is 15.0. The summed E-state index contributed by atoms with van der Waals surface area (Å²) in [5, 5.41) is 0. The number of hydrogen-bond donors (Lipinski definition) is 1. The lowest BCUT2D eigenvalue weighted by molar-refractivity contribution is 0.288. The smallest absolute Gasteiger partial charge is 0.161 e. The second-order valence-electron chi connectivity index (χ2n) is 4.51.